The number of aromatic nitrogens is 4. The molecule has 0 spiro atoms. The lowest BCUT2D eigenvalue weighted by atomic mass is 10.0. The molecule has 0 N–H and O–H groups in total. The Labute approximate surface area is 185 Å². The third-order valence-corrected chi connectivity index (χ3v) is 5.13. The zero-order chi connectivity index (χ0) is 21.0. The van der Waals surface area contributed by atoms with Crippen molar-refractivity contribution in [1.29, 1.82) is 0 Å². The fourth-order valence-electron chi connectivity index (χ4n) is 3.30. The van der Waals surface area contributed by atoms with Crippen LogP contribution in [0.15, 0.2) is 103 Å². The van der Waals surface area contributed by atoms with Gasteiger partial charge in [0.05, 0.1) is 0 Å². The molecule has 31 heavy (non-hydrogen) atoms. The molecule has 0 radical (unpaired) electrons. The Kier molecular flexibility index (Phi) is 5.21. The summed E-state index contributed by atoms with van der Waals surface area (Å²) in [5.41, 5.74) is 4.94. The van der Waals surface area contributed by atoms with Crippen LogP contribution >= 0.6 is 11.6 Å². The van der Waals surface area contributed by atoms with Crippen LogP contribution in [-0.4, -0.2) is 19.9 Å². The molecule has 0 unspecified atom stereocenters. The van der Waals surface area contributed by atoms with E-state index in [0.29, 0.717) is 22.6 Å². The smallest absolute Gasteiger partial charge is 0.165 e. The van der Waals surface area contributed by atoms with Gasteiger partial charge in [-0.25, -0.2) is 19.9 Å². The number of nitrogens with zero attached hydrogens (tertiary/aromatic N) is 4. The number of halogens is 1. The van der Waals surface area contributed by atoms with Crippen LogP contribution in [0, 0.1) is 0 Å². The van der Waals surface area contributed by atoms with Crippen LogP contribution in [0.4, 0.5) is 0 Å². The summed E-state index contributed by atoms with van der Waals surface area (Å²) in [7, 11) is 0. The first-order valence-corrected chi connectivity index (χ1v) is 10.2. The monoisotopic (exact) mass is 420 g/mol. The highest BCUT2D eigenvalue weighted by Gasteiger charge is 2.12. The first-order valence-electron chi connectivity index (χ1n) is 9.85. The molecule has 3 aromatic carbocycles. The number of hydrogen-bond donors (Lipinski definition) is 0. The van der Waals surface area contributed by atoms with Gasteiger partial charge in [-0.05, 0) is 23.3 Å². The van der Waals surface area contributed by atoms with Crippen molar-refractivity contribution < 1.29 is 0 Å². The highest BCUT2D eigenvalue weighted by molar-refractivity contribution is 6.29. The standard InChI is InChI=1S/C26H17ClN4/c27-23-16-15-22(17-28-23)26-30-24(20-9-5-2-6-10-20)29-25(31-26)21-13-11-19(12-14-21)18-7-3-1-4-8-18/h1-17H. The van der Waals surface area contributed by atoms with E-state index in [-0.39, 0.29) is 0 Å². The van der Waals surface area contributed by atoms with Crippen LogP contribution in [0.25, 0.3) is 45.3 Å². The molecule has 5 heteroatoms. The van der Waals surface area contributed by atoms with Gasteiger partial charge in [-0.2, -0.15) is 0 Å². The first kappa shape index (κ1) is 19.1. The highest BCUT2D eigenvalue weighted by Crippen LogP contribution is 2.27. The lowest BCUT2D eigenvalue weighted by Gasteiger charge is -2.09. The molecule has 0 aliphatic rings. The molecular formula is C26H17ClN4. The van der Waals surface area contributed by atoms with Crippen LogP contribution in [0.1, 0.15) is 0 Å². The molecule has 4 nitrogen and oxygen atoms in total. The Hall–Kier alpha value is -3.89. The summed E-state index contributed by atoms with van der Waals surface area (Å²) in [4.78, 5) is 18.3. The Morgan fingerprint density at radius 1 is 0.419 bits per heavy atom. The molecular weight excluding hydrogens is 404 g/mol. The third kappa shape index (κ3) is 4.20. The maximum absolute atomic E-state index is 5.95. The van der Waals surface area contributed by atoms with Crippen molar-refractivity contribution in [2.24, 2.45) is 0 Å². The van der Waals surface area contributed by atoms with Crippen molar-refractivity contribution in [3.05, 3.63) is 108 Å². The average molecular weight is 421 g/mol. The van der Waals surface area contributed by atoms with Gasteiger partial charge in [0, 0.05) is 22.9 Å². The van der Waals surface area contributed by atoms with E-state index in [2.05, 4.69) is 34.2 Å². The van der Waals surface area contributed by atoms with E-state index in [4.69, 9.17) is 21.6 Å². The fraction of sp³-hybridized carbons (Fsp3) is 0. The van der Waals surface area contributed by atoms with E-state index in [9.17, 15) is 0 Å². The molecule has 2 heterocycles. The molecule has 2 aromatic heterocycles. The van der Waals surface area contributed by atoms with Crippen LogP contribution in [-0.2, 0) is 0 Å². The predicted molar refractivity (Wildman–Crippen MR) is 124 cm³/mol. The second-order valence-electron chi connectivity index (χ2n) is 6.99. The van der Waals surface area contributed by atoms with Gasteiger partial charge in [0.15, 0.2) is 17.5 Å². The minimum Gasteiger partial charge on any atom is -0.244 e. The summed E-state index contributed by atoms with van der Waals surface area (Å²) in [5.74, 6) is 1.78. The largest absolute Gasteiger partial charge is 0.244 e. The number of hydrogen-bond acceptors (Lipinski definition) is 4. The van der Waals surface area contributed by atoms with Gasteiger partial charge in [-0.15, -0.1) is 0 Å². The SMILES string of the molecule is Clc1ccc(-c2nc(-c3ccccc3)nc(-c3ccc(-c4ccccc4)cc3)n2)cn1. The minimum atomic E-state index is 0.429. The van der Waals surface area contributed by atoms with Gasteiger partial charge in [-0.3, -0.25) is 0 Å². The Morgan fingerprint density at radius 3 is 1.39 bits per heavy atom. The van der Waals surface area contributed by atoms with Gasteiger partial charge >= 0.3 is 0 Å². The van der Waals surface area contributed by atoms with E-state index in [1.54, 1.807) is 12.3 Å². The Morgan fingerprint density at radius 2 is 0.839 bits per heavy atom. The summed E-state index contributed by atoms with van der Waals surface area (Å²) in [6.07, 6.45) is 1.68. The van der Waals surface area contributed by atoms with Crippen molar-refractivity contribution in [2.45, 2.75) is 0 Å². The van der Waals surface area contributed by atoms with Gasteiger partial charge < -0.3 is 0 Å². The fourth-order valence-corrected chi connectivity index (χ4v) is 3.41. The summed E-state index contributed by atoms with van der Waals surface area (Å²) in [6.45, 7) is 0. The summed E-state index contributed by atoms with van der Waals surface area (Å²) >= 11 is 5.95. The van der Waals surface area contributed by atoms with Crippen molar-refractivity contribution in [3.63, 3.8) is 0 Å². The maximum atomic E-state index is 5.95. The second kappa shape index (κ2) is 8.46. The molecule has 0 amide bonds. The van der Waals surface area contributed by atoms with Crippen molar-refractivity contribution in [1.82, 2.24) is 19.9 Å². The molecule has 0 aliphatic carbocycles. The molecule has 0 atom stereocenters. The molecule has 0 saturated heterocycles. The van der Waals surface area contributed by atoms with Crippen LogP contribution in [0.5, 0.6) is 0 Å². The van der Waals surface area contributed by atoms with Gasteiger partial charge in [0.1, 0.15) is 5.15 Å². The van der Waals surface area contributed by atoms with E-state index >= 15 is 0 Å². The zero-order valence-corrected chi connectivity index (χ0v) is 17.2. The van der Waals surface area contributed by atoms with Crippen molar-refractivity contribution in [2.75, 3.05) is 0 Å². The Bertz CT molecular complexity index is 1300. The van der Waals surface area contributed by atoms with E-state index in [1.807, 2.05) is 66.7 Å². The highest BCUT2D eigenvalue weighted by atomic mass is 35.5. The molecule has 0 bridgehead atoms. The van der Waals surface area contributed by atoms with Gasteiger partial charge in [-0.1, -0.05) is 96.5 Å². The Balaban J connectivity index is 1.60. The second-order valence-corrected chi connectivity index (χ2v) is 7.37. The van der Waals surface area contributed by atoms with E-state index in [1.165, 1.54) is 5.56 Å². The molecule has 5 rings (SSSR count). The van der Waals surface area contributed by atoms with E-state index in [0.717, 1.165) is 22.3 Å². The number of rotatable bonds is 4. The molecule has 5 aromatic rings. The quantitative estimate of drug-likeness (QED) is 0.308. The van der Waals surface area contributed by atoms with Crippen LogP contribution < -0.4 is 0 Å². The predicted octanol–water partition coefficient (Wildman–Crippen LogP) is 6.59. The third-order valence-electron chi connectivity index (χ3n) is 4.90. The van der Waals surface area contributed by atoms with Crippen molar-refractivity contribution in [3.8, 4) is 45.3 Å². The summed E-state index contributed by atoms with van der Waals surface area (Å²) in [5, 5.41) is 0.429. The normalized spacial score (nSPS) is 10.7. The molecule has 0 fully saturated rings. The molecule has 148 valence electrons. The van der Waals surface area contributed by atoms with Crippen LogP contribution in [0.3, 0.4) is 0 Å². The first-order chi connectivity index (χ1) is 15.3. The minimum absolute atomic E-state index is 0.429. The lowest BCUT2D eigenvalue weighted by molar-refractivity contribution is 1.07. The maximum Gasteiger partial charge on any atom is 0.165 e. The molecule has 0 aliphatic heterocycles. The summed E-state index contributed by atoms with van der Waals surface area (Å²) < 4.78 is 0. The van der Waals surface area contributed by atoms with Gasteiger partial charge in [0.25, 0.3) is 0 Å². The lowest BCUT2D eigenvalue weighted by Crippen LogP contribution is -2.00. The summed E-state index contributed by atoms with van der Waals surface area (Å²) in [6, 6.07) is 32.0. The zero-order valence-electron chi connectivity index (χ0n) is 16.5. The average Bonchev–Trinajstić information content (AvgIpc) is 2.85. The van der Waals surface area contributed by atoms with Gasteiger partial charge in [0.2, 0.25) is 0 Å². The van der Waals surface area contributed by atoms with E-state index < -0.39 is 0 Å². The van der Waals surface area contributed by atoms with Crippen molar-refractivity contribution >= 4 is 11.6 Å². The molecule has 0 saturated carbocycles. The van der Waals surface area contributed by atoms with Crippen LogP contribution in [0.2, 0.25) is 5.15 Å². The number of benzene rings is 3. The topological polar surface area (TPSA) is 51.6 Å². The number of pyridine rings is 1.